The highest BCUT2D eigenvalue weighted by molar-refractivity contribution is 9.10. The number of fused-ring (bicyclic) bond motifs is 1. The molecule has 21 heavy (non-hydrogen) atoms. The summed E-state index contributed by atoms with van der Waals surface area (Å²) < 4.78 is 7.80. The van der Waals surface area contributed by atoms with Crippen LogP contribution in [0.4, 0.5) is 0 Å². The fourth-order valence-corrected chi connectivity index (χ4v) is 2.57. The number of benzene rings is 2. The maximum Gasteiger partial charge on any atom is 0.269 e. The second kappa shape index (κ2) is 5.69. The predicted octanol–water partition coefficient (Wildman–Crippen LogP) is 3.22. The monoisotopic (exact) mass is 344 g/mol. The molecule has 0 saturated carbocycles. The molecule has 0 atom stereocenters. The molecule has 0 bridgehead atoms. The Morgan fingerprint density at radius 2 is 1.95 bits per heavy atom. The van der Waals surface area contributed by atoms with E-state index in [-0.39, 0.29) is 5.56 Å². The summed E-state index contributed by atoms with van der Waals surface area (Å²) in [5.74, 6) is 0.801. The van der Waals surface area contributed by atoms with Gasteiger partial charge in [-0.15, -0.1) is 0 Å². The van der Waals surface area contributed by atoms with Crippen LogP contribution >= 0.6 is 15.9 Å². The van der Waals surface area contributed by atoms with Crippen molar-refractivity contribution in [1.82, 2.24) is 9.55 Å². The summed E-state index contributed by atoms with van der Waals surface area (Å²) in [6.07, 6.45) is 1.36. The molecule has 0 aliphatic heterocycles. The first-order chi connectivity index (χ1) is 10.2. The van der Waals surface area contributed by atoms with Crippen LogP contribution in [0.15, 0.2) is 57.9 Å². The fraction of sp³-hybridized carbons (Fsp3) is 0.125. The highest BCUT2D eigenvalue weighted by atomic mass is 79.9. The molecule has 0 amide bonds. The average molecular weight is 345 g/mol. The molecule has 3 rings (SSSR count). The molecule has 0 saturated heterocycles. The Morgan fingerprint density at radius 3 is 2.67 bits per heavy atom. The molecule has 3 aromatic rings. The van der Waals surface area contributed by atoms with Crippen LogP contribution in [0.2, 0.25) is 0 Å². The third kappa shape index (κ3) is 2.83. The molecule has 0 N–H and O–H groups in total. The largest absolute Gasteiger partial charge is 0.497 e. The zero-order valence-corrected chi connectivity index (χ0v) is 13.0. The lowest BCUT2D eigenvalue weighted by atomic mass is 10.2. The number of hydrogen-bond acceptors (Lipinski definition) is 3. The Hall–Kier alpha value is -2.14. The van der Waals surface area contributed by atoms with Gasteiger partial charge in [0.1, 0.15) is 5.75 Å². The van der Waals surface area contributed by atoms with Gasteiger partial charge >= 0.3 is 0 Å². The number of aromatic nitrogens is 2. The molecule has 1 aromatic heterocycles. The van der Waals surface area contributed by atoms with Gasteiger partial charge in [-0.3, -0.25) is 4.79 Å². The van der Waals surface area contributed by atoms with E-state index in [0.29, 0.717) is 6.54 Å². The van der Waals surface area contributed by atoms with Crippen LogP contribution in [0, 0.1) is 0 Å². The van der Waals surface area contributed by atoms with Crippen LogP contribution in [-0.2, 0) is 6.54 Å². The highest BCUT2D eigenvalue weighted by Crippen LogP contribution is 2.18. The first kappa shape index (κ1) is 13.8. The van der Waals surface area contributed by atoms with E-state index in [2.05, 4.69) is 20.9 Å². The zero-order chi connectivity index (χ0) is 14.8. The SMILES string of the molecule is COc1ccc(Cn2c(=O)cnc3cc(Br)ccc32)cc1. The molecule has 0 unspecified atom stereocenters. The van der Waals surface area contributed by atoms with Gasteiger partial charge in [-0.1, -0.05) is 28.1 Å². The van der Waals surface area contributed by atoms with E-state index >= 15 is 0 Å². The standard InChI is InChI=1S/C16H13BrN2O2/c1-21-13-5-2-11(3-6-13)10-19-15-7-4-12(17)8-14(15)18-9-16(19)20/h2-9H,10H2,1H3. The van der Waals surface area contributed by atoms with Crippen molar-refractivity contribution in [2.24, 2.45) is 0 Å². The fourth-order valence-electron chi connectivity index (χ4n) is 2.22. The zero-order valence-electron chi connectivity index (χ0n) is 11.4. The van der Waals surface area contributed by atoms with E-state index in [4.69, 9.17) is 4.74 Å². The third-order valence-electron chi connectivity index (χ3n) is 3.31. The van der Waals surface area contributed by atoms with Crippen molar-refractivity contribution >= 4 is 27.0 Å². The first-order valence-electron chi connectivity index (χ1n) is 6.45. The van der Waals surface area contributed by atoms with E-state index < -0.39 is 0 Å². The Morgan fingerprint density at radius 1 is 1.19 bits per heavy atom. The number of hydrogen-bond donors (Lipinski definition) is 0. The molecule has 1 heterocycles. The lowest BCUT2D eigenvalue weighted by molar-refractivity contribution is 0.414. The molecule has 0 fully saturated rings. The van der Waals surface area contributed by atoms with Crippen LogP contribution in [0.3, 0.4) is 0 Å². The minimum atomic E-state index is -0.111. The van der Waals surface area contributed by atoms with Gasteiger partial charge < -0.3 is 9.30 Å². The summed E-state index contributed by atoms with van der Waals surface area (Å²) in [6.45, 7) is 0.503. The maximum absolute atomic E-state index is 12.1. The number of rotatable bonds is 3. The summed E-state index contributed by atoms with van der Waals surface area (Å²) >= 11 is 3.42. The Labute approximate surface area is 130 Å². The minimum Gasteiger partial charge on any atom is -0.497 e. The van der Waals surface area contributed by atoms with Gasteiger partial charge in [0.05, 0.1) is 30.9 Å². The first-order valence-corrected chi connectivity index (χ1v) is 7.25. The Bertz CT molecular complexity index is 841. The van der Waals surface area contributed by atoms with Gasteiger partial charge in [-0.25, -0.2) is 4.98 Å². The van der Waals surface area contributed by atoms with Crippen LogP contribution < -0.4 is 10.3 Å². The molecule has 0 radical (unpaired) electrons. The number of ether oxygens (including phenoxy) is 1. The normalized spacial score (nSPS) is 10.8. The van der Waals surface area contributed by atoms with Gasteiger partial charge in [-0.2, -0.15) is 0 Å². The predicted molar refractivity (Wildman–Crippen MR) is 85.8 cm³/mol. The quantitative estimate of drug-likeness (QED) is 0.732. The smallest absolute Gasteiger partial charge is 0.269 e. The van der Waals surface area contributed by atoms with Crippen LogP contribution in [-0.4, -0.2) is 16.7 Å². The number of methoxy groups -OCH3 is 1. The molecule has 106 valence electrons. The summed E-state index contributed by atoms with van der Waals surface area (Å²) in [5.41, 5.74) is 2.54. The van der Waals surface area contributed by atoms with Crippen molar-refractivity contribution in [1.29, 1.82) is 0 Å². The second-order valence-corrected chi connectivity index (χ2v) is 5.58. The van der Waals surface area contributed by atoms with E-state index in [1.807, 2.05) is 42.5 Å². The van der Waals surface area contributed by atoms with Gasteiger partial charge in [0.2, 0.25) is 0 Å². The topological polar surface area (TPSA) is 44.1 Å². The van der Waals surface area contributed by atoms with E-state index in [9.17, 15) is 4.79 Å². The molecular formula is C16H13BrN2O2. The van der Waals surface area contributed by atoms with Gasteiger partial charge in [0.25, 0.3) is 5.56 Å². The van der Waals surface area contributed by atoms with Crippen molar-refractivity contribution in [3.05, 3.63) is 69.1 Å². The molecule has 5 heteroatoms. The van der Waals surface area contributed by atoms with E-state index in [0.717, 1.165) is 26.8 Å². The molecule has 0 aliphatic rings. The molecule has 2 aromatic carbocycles. The van der Waals surface area contributed by atoms with Gasteiger partial charge in [-0.05, 0) is 35.9 Å². The molecular weight excluding hydrogens is 332 g/mol. The summed E-state index contributed by atoms with van der Waals surface area (Å²) in [7, 11) is 1.63. The van der Waals surface area contributed by atoms with Crippen molar-refractivity contribution in [3.8, 4) is 5.75 Å². The van der Waals surface area contributed by atoms with Crippen molar-refractivity contribution in [3.63, 3.8) is 0 Å². The van der Waals surface area contributed by atoms with Gasteiger partial charge in [0, 0.05) is 4.47 Å². The number of halogens is 1. The van der Waals surface area contributed by atoms with Crippen molar-refractivity contribution < 1.29 is 4.74 Å². The molecule has 4 nitrogen and oxygen atoms in total. The van der Waals surface area contributed by atoms with Crippen molar-refractivity contribution in [2.75, 3.05) is 7.11 Å². The van der Waals surface area contributed by atoms with Crippen LogP contribution in [0.1, 0.15) is 5.56 Å². The molecule has 0 aliphatic carbocycles. The Kier molecular flexibility index (Phi) is 3.75. The number of nitrogens with zero attached hydrogens (tertiary/aromatic N) is 2. The second-order valence-electron chi connectivity index (χ2n) is 4.66. The highest BCUT2D eigenvalue weighted by Gasteiger charge is 2.06. The summed E-state index contributed by atoms with van der Waals surface area (Å²) in [6, 6.07) is 13.4. The van der Waals surface area contributed by atoms with E-state index in [1.54, 1.807) is 11.7 Å². The summed E-state index contributed by atoms with van der Waals surface area (Å²) in [5, 5.41) is 0. The van der Waals surface area contributed by atoms with E-state index in [1.165, 1.54) is 6.20 Å². The van der Waals surface area contributed by atoms with Gasteiger partial charge in [0.15, 0.2) is 0 Å². The maximum atomic E-state index is 12.1. The van der Waals surface area contributed by atoms with Crippen LogP contribution in [0.25, 0.3) is 11.0 Å². The molecule has 0 spiro atoms. The van der Waals surface area contributed by atoms with Crippen LogP contribution in [0.5, 0.6) is 5.75 Å². The summed E-state index contributed by atoms with van der Waals surface area (Å²) in [4.78, 5) is 16.3. The Balaban J connectivity index is 2.06. The van der Waals surface area contributed by atoms with Crippen molar-refractivity contribution in [2.45, 2.75) is 6.54 Å². The third-order valence-corrected chi connectivity index (χ3v) is 3.80. The minimum absolute atomic E-state index is 0.111. The lowest BCUT2D eigenvalue weighted by Gasteiger charge is -2.10. The average Bonchev–Trinajstić information content (AvgIpc) is 2.51. The lowest BCUT2D eigenvalue weighted by Crippen LogP contribution is -2.21.